The second kappa shape index (κ2) is 1.99. The van der Waals surface area contributed by atoms with E-state index in [9.17, 15) is 4.79 Å². The predicted molar refractivity (Wildman–Crippen MR) is 40.0 cm³/mol. The SMILES string of the molecule is O=C(O)C1=Cc2cccn2C1. The molecule has 1 aromatic heterocycles. The number of fused-ring (bicyclic) bond motifs is 1. The molecule has 2 rings (SSSR count). The molecule has 0 bridgehead atoms. The van der Waals surface area contributed by atoms with Crippen molar-refractivity contribution in [1.82, 2.24) is 4.57 Å². The molecule has 1 N–H and O–H groups in total. The van der Waals surface area contributed by atoms with Gasteiger partial charge in [0.25, 0.3) is 0 Å². The maximum Gasteiger partial charge on any atom is 0.333 e. The molecule has 11 heavy (non-hydrogen) atoms. The van der Waals surface area contributed by atoms with Gasteiger partial charge in [0.1, 0.15) is 0 Å². The molecule has 3 nitrogen and oxygen atoms in total. The quantitative estimate of drug-likeness (QED) is 0.646. The van der Waals surface area contributed by atoms with Crippen molar-refractivity contribution in [2.75, 3.05) is 0 Å². The molecule has 0 aliphatic carbocycles. The van der Waals surface area contributed by atoms with Gasteiger partial charge in [-0.05, 0) is 18.2 Å². The van der Waals surface area contributed by atoms with Crippen molar-refractivity contribution >= 4 is 12.0 Å². The minimum Gasteiger partial charge on any atom is -0.478 e. The van der Waals surface area contributed by atoms with Crippen molar-refractivity contribution in [3.05, 3.63) is 29.6 Å². The van der Waals surface area contributed by atoms with E-state index in [1.807, 2.05) is 22.9 Å². The fourth-order valence-corrected chi connectivity index (χ4v) is 1.24. The number of aromatic nitrogens is 1. The average Bonchev–Trinajstić information content (AvgIpc) is 2.40. The van der Waals surface area contributed by atoms with E-state index in [1.165, 1.54) is 0 Å². The number of aliphatic carboxylic acids is 1. The van der Waals surface area contributed by atoms with E-state index in [0.717, 1.165) is 5.69 Å². The Bertz CT molecular complexity index is 336. The van der Waals surface area contributed by atoms with Crippen LogP contribution in [0.4, 0.5) is 0 Å². The van der Waals surface area contributed by atoms with Crippen LogP contribution >= 0.6 is 0 Å². The van der Waals surface area contributed by atoms with Crippen LogP contribution in [-0.4, -0.2) is 15.6 Å². The molecule has 1 aromatic rings. The molecule has 56 valence electrons. The van der Waals surface area contributed by atoms with Crippen LogP contribution < -0.4 is 0 Å². The molecule has 0 unspecified atom stereocenters. The molecule has 0 radical (unpaired) electrons. The van der Waals surface area contributed by atoms with Crippen molar-refractivity contribution in [3.8, 4) is 0 Å². The second-order valence-electron chi connectivity index (χ2n) is 2.54. The van der Waals surface area contributed by atoms with E-state index in [0.29, 0.717) is 12.1 Å². The van der Waals surface area contributed by atoms with E-state index in [-0.39, 0.29) is 0 Å². The van der Waals surface area contributed by atoms with Gasteiger partial charge in [0.05, 0.1) is 12.1 Å². The van der Waals surface area contributed by atoms with Crippen LogP contribution in [0.5, 0.6) is 0 Å². The zero-order valence-electron chi connectivity index (χ0n) is 5.82. The van der Waals surface area contributed by atoms with Gasteiger partial charge in [-0.25, -0.2) is 4.79 Å². The number of carboxylic acids is 1. The molecule has 0 spiro atoms. The summed E-state index contributed by atoms with van der Waals surface area (Å²) in [5, 5.41) is 8.62. The number of hydrogen-bond acceptors (Lipinski definition) is 1. The van der Waals surface area contributed by atoms with Crippen molar-refractivity contribution in [1.29, 1.82) is 0 Å². The fraction of sp³-hybridized carbons (Fsp3) is 0.125. The fourth-order valence-electron chi connectivity index (χ4n) is 1.24. The van der Waals surface area contributed by atoms with Crippen molar-refractivity contribution < 1.29 is 9.90 Å². The van der Waals surface area contributed by atoms with Crippen molar-refractivity contribution in [2.45, 2.75) is 6.54 Å². The first-order chi connectivity index (χ1) is 5.27. The van der Waals surface area contributed by atoms with Gasteiger partial charge >= 0.3 is 5.97 Å². The Kier molecular flexibility index (Phi) is 1.12. The molecule has 0 saturated heterocycles. The highest BCUT2D eigenvalue weighted by Gasteiger charge is 2.15. The zero-order chi connectivity index (χ0) is 7.84. The van der Waals surface area contributed by atoms with Crippen LogP contribution in [0.3, 0.4) is 0 Å². The Balaban J connectivity index is 2.38. The first kappa shape index (κ1) is 6.22. The van der Waals surface area contributed by atoms with Crippen molar-refractivity contribution in [3.63, 3.8) is 0 Å². The average molecular weight is 149 g/mol. The van der Waals surface area contributed by atoms with Crippen LogP contribution in [-0.2, 0) is 11.3 Å². The number of hydrogen-bond donors (Lipinski definition) is 1. The number of carboxylic acid groups (broad SMARTS) is 1. The summed E-state index contributed by atoms with van der Waals surface area (Å²) >= 11 is 0. The number of carbonyl (C=O) groups is 1. The highest BCUT2D eigenvalue weighted by atomic mass is 16.4. The van der Waals surface area contributed by atoms with E-state index in [4.69, 9.17) is 5.11 Å². The van der Waals surface area contributed by atoms with E-state index in [1.54, 1.807) is 6.08 Å². The summed E-state index contributed by atoms with van der Waals surface area (Å²) in [7, 11) is 0. The molecule has 0 fully saturated rings. The predicted octanol–water partition coefficient (Wildman–Crippen LogP) is 0.970. The minimum absolute atomic E-state index is 0.459. The molecule has 2 heterocycles. The van der Waals surface area contributed by atoms with Gasteiger partial charge in [-0.1, -0.05) is 0 Å². The molecule has 1 aliphatic heterocycles. The third kappa shape index (κ3) is 0.852. The van der Waals surface area contributed by atoms with Crippen LogP contribution in [0, 0.1) is 0 Å². The maximum absolute atomic E-state index is 10.5. The molecule has 0 amide bonds. The molecule has 3 heteroatoms. The summed E-state index contributed by atoms with van der Waals surface area (Å²) in [5.74, 6) is -0.825. The summed E-state index contributed by atoms with van der Waals surface area (Å²) < 4.78 is 1.91. The lowest BCUT2D eigenvalue weighted by molar-refractivity contribution is -0.132. The van der Waals surface area contributed by atoms with E-state index < -0.39 is 5.97 Å². The van der Waals surface area contributed by atoms with Gasteiger partial charge in [0.2, 0.25) is 0 Å². The minimum atomic E-state index is -0.825. The highest BCUT2D eigenvalue weighted by molar-refractivity contribution is 5.93. The summed E-state index contributed by atoms with van der Waals surface area (Å²) in [5.41, 5.74) is 1.43. The maximum atomic E-state index is 10.5. The summed E-state index contributed by atoms with van der Waals surface area (Å²) in [6, 6.07) is 3.81. The summed E-state index contributed by atoms with van der Waals surface area (Å²) in [6.45, 7) is 0.498. The molecule has 0 atom stereocenters. The standard InChI is InChI=1S/C8H7NO2/c10-8(11)6-4-7-2-1-3-9(7)5-6/h1-4H,5H2,(H,10,11). The second-order valence-corrected chi connectivity index (χ2v) is 2.54. The van der Waals surface area contributed by atoms with Gasteiger partial charge < -0.3 is 9.67 Å². The van der Waals surface area contributed by atoms with Crippen molar-refractivity contribution in [2.24, 2.45) is 0 Å². The van der Waals surface area contributed by atoms with Crippen LogP contribution in [0.1, 0.15) is 5.69 Å². The number of rotatable bonds is 1. The molecular formula is C8H7NO2. The Morgan fingerprint density at radius 2 is 2.45 bits per heavy atom. The van der Waals surface area contributed by atoms with Gasteiger partial charge in [-0.2, -0.15) is 0 Å². The van der Waals surface area contributed by atoms with Gasteiger partial charge in [0.15, 0.2) is 0 Å². The highest BCUT2D eigenvalue weighted by Crippen LogP contribution is 2.18. The Hall–Kier alpha value is -1.51. The lowest BCUT2D eigenvalue weighted by Crippen LogP contribution is -2.02. The van der Waals surface area contributed by atoms with Gasteiger partial charge in [-0.3, -0.25) is 0 Å². The van der Waals surface area contributed by atoms with E-state index in [2.05, 4.69) is 0 Å². The monoisotopic (exact) mass is 149 g/mol. The largest absolute Gasteiger partial charge is 0.478 e. The Morgan fingerprint density at radius 3 is 3.09 bits per heavy atom. The van der Waals surface area contributed by atoms with Gasteiger partial charge in [0, 0.05) is 11.9 Å². The van der Waals surface area contributed by atoms with E-state index >= 15 is 0 Å². The first-order valence-electron chi connectivity index (χ1n) is 3.36. The Morgan fingerprint density at radius 1 is 1.64 bits per heavy atom. The van der Waals surface area contributed by atoms with Crippen LogP contribution in [0.25, 0.3) is 6.08 Å². The third-order valence-electron chi connectivity index (χ3n) is 1.80. The third-order valence-corrected chi connectivity index (χ3v) is 1.80. The zero-order valence-corrected chi connectivity index (χ0v) is 5.82. The number of nitrogens with zero attached hydrogens (tertiary/aromatic N) is 1. The lowest BCUT2D eigenvalue weighted by atomic mass is 10.2. The van der Waals surface area contributed by atoms with Gasteiger partial charge in [-0.15, -0.1) is 0 Å². The Labute approximate surface area is 63.6 Å². The molecule has 1 aliphatic rings. The molecule has 0 saturated carbocycles. The van der Waals surface area contributed by atoms with Crippen LogP contribution in [0.15, 0.2) is 23.9 Å². The van der Waals surface area contributed by atoms with Crippen LogP contribution in [0.2, 0.25) is 0 Å². The normalized spacial score (nSPS) is 14.4. The lowest BCUT2D eigenvalue weighted by Gasteiger charge is -1.95. The topological polar surface area (TPSA) is 42.2 Å². The smallest absolute Gasteiger partial charge is 0.333 e. The molecule has 0 aromatic carbocycles. The summed E-state index contributed by atoms with van der Waals surface area (Å²) in [6.07, 6.45) is 3.57. The molecular weight excluding hydrogens is 142 g/mol. The summed E-state index contributed by atoms with van der Waals surface area (Å²) in [4.78, 5) is 10.5. The first-order valence-corrected chi connectivity index (χ1v) is 3.36.